The molecule has 0 amide bonds. The summed E-state index contributed by atoms with van der Waals surface area (Å²) in [7, 11) is 0. The van der Waals surface area contributed by atoms with Crippen molar-refractivity contribution in [3.8, 4) is 0 Å². The van der Waals surface area contributed by atoms with Gasteiger partial charge in [-0.2, -0.15) is 0 Å². The van der Waals surface area contributed by atoms with Crippen LogP contribution in [0.1, 0.15) is 11.8 Å². The second kappa shape index (κ2) is 4.22. The molecule has 2 heterocycles. The van der Waals surface area contributed by atoms with Gasteiger partial charge in [0.2, 0.25) is 0 Å². The second-order valence-electron chi connectivity index (χ2n) is 3.60. The van der Waals surface area contributed by atoms with Crippen LogP contribution in [0.2, 0.25) is 0 Å². The van der Waals surface area contributed by atoms with Crippen molar-refractivity contribution < 1.29 is 0 Å². The molecular formula is C10H16N2S. The number of rotatable bonds is 2. The fourth-order valence-electron chi connectivity index (χ4n) is 1.72. The molecule has 1 fully saturated rings. The van der Waals surface area contributed by atoms with Gasteiger partial charge in [0.25, 0.3) is 0 Å². The highest BCUT2D eigenvalue weighted by Gasteiger charge is 2.17. The van der Waals surface area contributed by atoms with Crippen molar-refractivity contribution >= 4 is 11.3 Å². The Balaban J connectivity index is 1.93. The zero-order valence-corrected chi connectivity index (χ0v) is 8.81. The molecule has 1 aromatic heterocycles. The van der Waals surface area contributed by atoms with Gasteiger partial charge in [-0.05, 0) is 18.4 Å². The Morgan fingerprint density at radius 3 is 3.31 bits per heavy atom. The van der Waals surface area contributed by atoms with Gasteiger partial charge in [-0.15, -0.1) is 11.3 Å². The quantitative estimate of drug-likeness (QED) is 0.772. The molecule has 0 unspecified atom stereocenters. The van der Waals surface area contributed by atoms with E-state index in [0.717, 1.165) is 19.6 Å². The third kappa shape index (κ3) is 2.30. The molecule has 1 aliphatic heterocycles. The molecule has 0 aromatic carbocycles. The average molecular weight is 196 g/mol. The van der Waals surface area contributed by atoms with Crippen molar-refractivity contribution in [2.45, 2.75) is 19.5 Å². The summed E-state index contributed by atoms with van der Waals surface area (Å²) in [4.78, 5) is 4.02. The first-order valence-electron chi connectivity index (χ1n) is 4.83. The lowest BCUT2D eigenvalue weighted by Gasteiger charge is -2.33. The first kappa shape index (κ1) is 9.19. The molecule has 0 spiro atoms. The maximum atomic E-state index is 3.41. The largest absolute Gasteiger partial charge is 0.314 e. The minimum atomic E-state index is 0.677. The summed E-state index contributed by atoms with van der Waals surface area (Å²) in [5.74, 6) is 0. The van der Waals surface area contributed by atoms with E-state index in [9.17, 15) is 0 Å². The van der Waals surface area contributed by atoms with E-state index in [1.807, 2.05) is 11.3 Å². The normalized spacial score (nSPS) is 24.8. The van der Waals surface area contributed by atoms with E-state index in [-0.39, 0.29) is 0 Å². The maximum Gasteiger partial charge on any atom is 0.0331 e. The Hall–Kier alpha value is -0.380. The highest BCUT2D eigenvalue weighted by molar-refractivity contribution is 7.09. The van der Waals surface area contributed by atoms with Gasteiger partial charge in [0.05, 0.1) is 0 Å². The zero-order chi connectivity index (χ0) is 9.10. The lowest BCUT2D eigenvalue weighted by atomic mass is 10.2. The molecule has 2 rings (SSSR count). The third-order valence-electron chi connectivity index (χ3n) is 2.58. The Morgan fingerprint density at radius 1 is 1.69 bits per heavy atom. The van der Waals surface area contributed by atoms with Gasteiger partial charge >= 0.3 is 0 Å². The molecule has 0 saturated carbocycles. The highest BCUT2D eigenvalue weighted by atomic mass is 32.1. The van der Waals surface area contributed by atoms with Crippen LogP contribution in [-0.4, -0.2) is 30.6 Å². The molecule has 72 valence electrons. The molecule has 0 radical (unpaired) electrons. The van der Waals surface area contributed by atoms with Crippen LogP contribution in [0.15, 0.2) is 17.5 Å². The summed E-state index contributed by atoms with van der Waals surface area (Å²) in [6.07, 6.45) is 0. The summed E-state index contributed by atoms with van der Waals surface area (Å²) in [6, 6.07) is 5.03. The van der Waals surface area contributed by atoms with Crippen LogP contribution in [0.4, 0.5) is 0 Å². The number of piperazine rings is 1. The fourth-order valence-corrected chi connectivity index (χ4v) is 2.45. The van der Waals surface area contributed by atoms with Crippen LogP contribution in [0.25, 0.3) is 0 Å². The summed E-state index contributed by atoms with van der Waals surface area (Å²) >= 11 is 1.86. The van der Waals surface area contributed by atoms with Crippen molar-refractivity contribution in [1.29, 1.82) is 0 Å². The topological polar surface area (TPSA) is 15.3 Å². The van der Waals surface area contributed by atoms with E-state index in [0.29, 0.717) is 6.04 Å². The van der Waals surface area contributed by atoms with E-state index in [1.54, 1.807) is 0 Å². The lowest BCUT2D eigenvalue weighted by Crippen LogP contribution is -2.49. The Morgan fingerprint density at radius 2 is 2.62 bits per heavy atom. The smallest absolute Gasteiger partial charge is 0.0331 e. The molecule has 13 heavy (non-hydrogen) atoms. The van der Waals surface area contributed by atoms with Crippen molar-refractivity contribution in [2.24, 2.45) is 0 Å². The molecule has 1 aromatic rings. The number of hydrogen-bond acceptors (Lipinski definition) is 3. The predicted molar refractivity (Wildman–Crippen MR) is 57.1 cm³/mol. The van der Waals surface area contributed by atoms with Gasteiger partial charge in [-0.3, -0.25) is 4.90 Å². The standard InChI is InChI=1S/C10H16N2S/c1-9-7-11-4-5-12(9)8-10-3-2-6-13-10/h2-3,6,9,11H,4-5,7-8H2,1H3/t9-/m1/s1. The molecule has 1 atom stereocenters. The minimum Gasteiger partial charge on any atom is -0.314 e. The van der Waals surface area contributed by atoms with E-state index in [2.05, 4.69) is 34.7 Å². The molecule has 0 bridgehead atoms. The molecule has 0 aliphatic carbocycles. The Kier molecular flexibility index (Phi) is 2.98. The molecule has 1 saturated heterocycles. The Labute approximate surface area is 83.6 Å². The van der Waals surface area contributed by atoms with Crippen LogP contribution in [0, 0.1) is 0 Å². The maximum absolute atomic E-state index is 3.41. The van der Waals surface area contributed by atoms with E-state index < -0.39 is 0 Å². The molecule has 1 N–H and O–H groups in total. The van der Waals surface area contributed by atoms with Crippen LogP contribution >= 0.6 is 11.3 Å². The molecule has 2 nitrogen and oxygen atoms in total. The fraction of sp³-hybridized carbons (Fsp3) is 0.600. The van der Waals surface area contributed by atoms with Gasteiger partial charge in [-0.25, -0.2) is 0 Å². The van der Waals surface area contributed by atoms with Gasteiger partial charge in [0.15, 0.2) is 0 Å². The lowest BCUT2D eigenvalue weighted by molar-refractivity contribution is 0.167. The number of nitrogens with one attached hydrogen (secondary N) is 1. The van der Waals surface area contributed by atoms with Gasteiger partial charge in [-0.1, -0.05) is 6.07 Å². The third-order valence-corrected chi connectivity index (χ3v) is 3.44. The van der Waals surface area contributed by atoms with Gasteiger partial charge in [0, 0.05) is 37.1 Å². The highest BCUT2D eigenvalue weighted by Crippen LogP contribution is 2.14. The minimum absolute atomic E-state index is 0.677. The number of nitrogens with zero attached hydrogens (tertiary/aromatic N) is 1. The molecule has 1 aliphatic rings. The number of thiophene rings is 1. The van der Waals surface area contributed by atoms with Crippen molar-refractivity contribution in [1.82, 2.24) is 10.2 Å². The number of hydrogen-bond donors (Lipinski definition) is 1. The van der Waals surface area contributed by atoms with Gasteiger partial charge < -0.3 is 5.32 Å². The van der Waals surface area contributed by atoms with Crippen LogP contribution in [0.5, 0.6) is 0 Å². The van der Waals surface area contributed by atoms with Crippen molar-refractivity contribution in [2.75, 3.05) is 19.6 Å². The van der Waals surface area contributed by atoms with E-state index in [1.165, 1.54) is 11.4 Å². The average Bonchev–Trinajstić information content (AvgIpc) is 2.61. The first-order valence-corrected chi connectivity index (χ1v) is 5.71. The second-order valence-corrected chi connectivity index (χ2v) is 4.64. The summed E-state index contributed by atoms with van der Waals surface area (Å²) in [6.45, 7) is 6.86. The van der Waals surface area contributed by atoms with E-state index >= 15 is 0 Å². The van der Waals surface area contributed by atoms with Crippen molar-refractivity contribution in [3.63, 3.8) is 0 Å². The molecule has 3 heteroatoms. The Bertz CT molecular complexity index is 245. The van der Waals surface area contributed by atoms with Crippen LogP contribution in [-0.2, 0) is 6.54 Å². The molecular weight excluding hydrogens is 180 g/mol. The van der Waals surface area contributed by atoms with E-state index in [4.69, 9.17) is 0 Å². The van der Waals surface area contributed by atoms with Crippen molar-refractivity contribution in [3.05, 3.63) is 22.4 Å². The summed E-state index contributed by atoms with van der Waals surface area (Å²) in [5.41, 5.74) is 0. The monoisotopic (exact) mass is 196 g/mol. The van der Waals surface area contributed by atoms with Gasteiger partial charge in [0.1, 0.15) is 0 Å². The summed E-state index contributed by atoms with van der Waals surface area (Å²) in [5, 5.41) is 5.56. The SMILES string of the molecule is C[C@@H]1CNCCN1Cc1cccs1. The predicted octanol–water partition coefficient (Wildman–Crippen LogP) is 1.54. The zero-order valence-electron chi connectivity index (χ0n) is 7.99. The van der Waals surface area contributed by atoms with Crippen LogP contribution in [0.3, 0.4) is 0 Å². The summed E-state index contributed by atoms with van der Waals surface area (Å²) < 4.78 is 0. The van der Waals surface area contributed by atoms with Crippen LogP contribution < -0.4 is 5.32 Å². The first-order chi connectivity index (χ1) is 6.36.